The van der Waals surface area contributed by atoms with E-state index in [1.54, 1.807) is 18.2 Å². The van der Waals surface area contributed by atoms with Crippen molar-refractivity contribution in [2.24, 2.45) is 0 Å². The van der Waals surface area contributed by atoms with Gasteiger partial charge in [-0.1, -0.05) is 29.3 Å². The highest BCUT2D eigenvalue weighted by molar-refractivity contribution is 8.18. The number of carbonyl (C=O) groups is 2. The molecule has 0 spiro atoms. The Morgan fingerprint density at radius 3 is 2.47 bits per heavy atom. The van der Waals surface area contributed by atoms with Crippen LogP contribution in [-0.4, -0.2) is 29.3 Å². The van der Waals surface area contributed by atoms with E-state index in [-0.39, 0.29) is 16.5 Å². The van der Waals surface area contributed by atoms with Gasteiger partial charge in [0.25, 0.3) is 11.1 Å². The second-order valence-corrected chi connectivity index (χ2v) is 8.01. The Labute approximate surface area is 187 Å². The molecule has 0 radical (unpaired) electrons. The lowest BCUT2D eigenvalue weighted by atomic mass is 10.1. The van der Waals surface area contributed by atoms with Crippen LogP contribution in [0.4, 0.5) is 9.18 Å². The molecule has 0 aromatic heterocycles. The lowest BCUT2D eigenvalue weighted by Gasteiger charge is -2.14. The fraction of sp³-hybridized carbons (Fsp3) is 0.238. The van der Waals surface area contributed by atoms with E-state index in [4.69, 9.17) is 32.7 Å². The van der Waals surface area contributed by atoms with Gasteiger partial charge >= 0.3 is 0 Å². The van der Waals surface area contributed by atoms with Crippen LogP contribution >= 0.6 is 35.0 Å². The number of hydrogen-bond donors (Lipinski definition) is 0. The summed E-state index contributed by atoms with van der Waals surface area (Å²) in [6.07, 6.45) is 1.57. The quantitative estimate of drug-likeness (QED) is 0.454. The van der Waals surface area contributed by atoms with Crippen LogP contribution in [0.2, 0.25) is 10.0 Å². The van der Waals surface area contributed by atoms with Crippen molar-refractivity contribution in [3.05, 3.63) is 62.2 Å². The van der Waals surface area contributed by atoms with Gasteiger partial charge in [-0.15, -0.1) is 0 Å². The molecule has 30 heavy (non-hydrogen) atoms. The van der Waals surface area contributed by atoms with Crippen molar-refractivity contribution in [2.45, 2.75) is 20.4 Å². The van der Waals surface area contributed by atoms with Gasteiger partial charge in [0.05, 0.1) is 29.7 Å². The number of ether oxygens (including phenoxy) is 2. The molecule has 3 rings (SSSR count). The van der Waals surface area contributed by atoms with Gasteiger partial charge in [-0.3, -0.25) is 14.5 Å². The highest BCUT2D eigenvalue weighted by atomic mass is 35.5. The van der Waals surface area contributed by atoms with Gasteiger partial charge in [-0.25, -0.2) is 4.39 Å². The summed E-state index contributed by atoms with van der Waals surface area (Å²) in [7, 11) is 0. The lowest BCUT2D eigenvalue weighted by Crippen LogP contribution is -2.27. The fourth-order valence-corrected chi connectivity index (χ4v) is 4.17. The van der Waals surface area contributed by atoms with Crippen LogP contribution < -0.4 is 9.47 Å². The number of hydrogen-bond acceptors (Lipinski definition) is 5. The summed E-state index contributed by atoms with van der Waals surface area (Å²) in [5.41, 5.74) is 1.07. The molecule has 158 valence electrons. The van der Waals surface area contributed by atoms with Crippen molar-refractivity contribution in [2.75, 3.05) is 13.2 Å². The van der Waals surface area contributed by atoms with Crippen LogP contribution in [0.3, 0.4) is 0 Å². The van der Waals surface area contributed by atoms with Gasteiger partial charge in [0.1, 0.15) is 5.82 Å². The predicted molar refractivity (Wildman–Crippen MR) is 117 cm³/mol. The number of amides is 2. The van der Waals surface area contributed by atoms with E-state index in [1.165, 1.54) is 12.1 Å². The second-order valence-electron chi connectivity index (χ2n) is 6.20. The van der Waals surface area contributed by atoms with E-state index >= 15 is 0 Å². The van der Waals surface area contributed by atoms with Gasteiger partial charge in [0.15, 0.2) is 11.5 Å². The molecular formula is C21H18Cl2FNO4S. The average Bonchev–Trinajstić information content (AvgIpc) is 2.94. The lowest BCUT2D eigenvalue weighted by molar-refractivity contribution is -0.123. The van der Waals surface area contributed by atoms with Crippen molar-refractivity contribution in [3.63, 3.8) is 0 Å². The van der Waals surface area contributed by atoms with Crippen molar-refractivity contribution < 1.29 is 23.5 Å². The zero-order valence-corrected chi connectivity index (χ0v) is 18.5. The average molecular weight is 470 g/mol. The van der Waals surface area contributed by atoms with Crippen LogP contribution in [-0.2, 0) is 11.3 Å². The first-order valence-corrected chi connectivity index (χ1v) is 10.7. The molecule has 0 saturated carbocycles. The minimum atomic E-state index is -0.490. The third-order valence-electron chi connectivity index (χ3n) is 4.14. The standard InChI is InChI=1S/C21H18Cl2FNO4S/c1-3-28-17-8-12(7-16(23)19(17)29-4-2)9-18-20(26)25(21(27)30-18)11-13-5-6-14(24)10-15(13)22/h5-10H,3-4,11H2,1-2H3/b18-9+. The van der Waals surface area contributed by atoms with Gasteiger partial charge in [0, 0.05) is 5.02 Å². The molecule has 9 heteroatoms. The smallest absolute Gasteiger partial charge is 0.293 e. The molecule has 0 N–H and O–H groups in total. The van der Waals surface area contributed by atoms with Crippen LogP contribution in [0.1, 0.15) is 25.0 Å². The molecule has 1 saturated heterocycles. The number of carbonyl (C=O) groups excluding carboxylic acids is 2. The first-order valence-electron chi connectivity index (χ1n) is 9.12. The zero-order chi connectivity index (χ0) is 21.8. The summed E-state index contributed by atoms with van der Waals surface area (Å²) in [5, 5.41) is 0.0535. The van der Waals surface area contributed by atoms with Crippen molar-refractivity contribution >= 4 is 52.2 Å². The summed E-state index contributed by atoms with van der Waals surface area (Å²) in [4.78, 5) is 26.5. The molecule has 0 bridgehead atoms. The van der Waals surface area contributed by atoms with Gasteiger partial charge in [0.2, 0.25) is 0 Å². The van der Waals surface area contributed by atoms with E-state index in [0.717, 1.165) is 22.7 Å². The Hall–Kier alpha value is -2.22. The first kappa shape index (κ1) is 22.5. The largest absolute Gasteiger partial charge is 0.490 e. The summed E-state index contributed by atoms with van der Waals surface area (Å²) >= 11 is 13.2. The van der Waals surface area contributed by atoms with E-state index in [2.05, 4.69) is 0 Å². The number of thioether (sulfide) groups is 1. The van der Waals surface area contributed by atoms with Crippen LogP contribution in [0.5, 0.6) is 11.5 Å². The molecule has 1 aliphatic rings. The van der Waals surface area contributed by atoms with Gasteiger partial charge in [-0.05, 0) is 67.1 Å². The SMILES string of the molecule is CCOc1cc(/C=C2/SC(=O)N(Cc3ccc(F)cc3Cl)C2=O)cc(Cl)c1OCC. The molecule has 0 aliphatic carbocycles. The van der Waals surface area contributed by atoms with Crippen molar-refractivity contribution in [1.82, 2.24) is 4.90 Å². The van der Waals surface area contributed by atoms with Crippen LogP contribution in [0, 0.1) is 5.82 Å². The highest BCUT2D eigenvalue weighted by Gasteiger charge is 2.35. The Morgan fingerprint density at radius 1 is 1.07 bits per heavy atom. The molecule has 0 unspecified atom stereocenters. The fourth-order valence-electron chi connectivity index (χ4n) is 2.83. The molecule has 0 atom stereocenters. The Kier molecular flexibility index (Phi) is 7.28. The minimum absolute atomic E-state index is 0.0463. The van der Waals surface area contributed by atoms with E-state index in [1.807, 2.05) is 13.8 Å². The van der Waals surface area contributed by atoms with Crippen LogP contribution in [0.25, 0.3) is 6.08 Å². The van der Waals surface area contributed by atoms with Gasteiger partial charge < -0.3 is 9.47 Å². The first-order chi connectivity index (χ1) is 14.3. The minimum Gasteiger partial charge on any atom is -0.490 e. The molecule has 2 aromatic rings. The van der Waals surface area contributed by atoms with E-state index in [9.17, 15) is 14.0 Å². The predicted octanol–water partition coefficient (Wildman–Crippen LogP) is 6.17. The third kappa shape index (κ3) is 4.91. The number of nitrogens with zero attached hydrogens (tertiary/aromatic N) is 1. The number of rotatable bonds is 7. The normalized spacial score (nSPS) is 15.2. The molecule has 2 aromatic carbocycles. The molecule has 5 nitrogen and oxygen atoms in total. The Bertz CT molecular complexity index is 1030. The summed E-state index contributed by atoms with van der Waals surface area (Å²) in [6, 6.07) is 7.16. The Balaban J connectivity index is 1.88. The second kappa shape index (κ2) is 9.73. The van der Waals surface area contributed by atoms with E-state index in [0.29, 0.717) is 40.9 Å². The summed E-state index contributed by atoms with van der Waals surface area (Å²) < 4.78 is 24.4. The zero-order valence-electron chi connectivity index (χ0n) is 16.2. The maximum absolute atomic E-state index is 13.2. The maximum Gasteiger partial charge on any atom is 0.293 e. The highest BCUT2D eigenvalue weighted by Crippen LogP contribution is 2.39. The van der Waals surface area contributed by atoms with E-state index < -0.39 is 17.0 Å². The molecule has 1 heterocycles. The number of halogens is 3. The summed E-state index contributed by atoms with van der Waals surface area (Å²) in [5.74, 6) is -0.0729. The molecular weight excluding hydrogens is 452 g/mol. The van der Waals surface area contributed by atoms with Crippen molar-refractivity contribution in [3.8, 4) is 11.5 Å². The number of benzene rings is 2. The maximum atomic E-state index is 13.2. The van der Waals surface area contributed by atoms with Crippen LogP contribution in [0.15, 0.2) is 35.2 Å². The monoisotopic (exact) mass is 469 g/mol. The van der Waals surface area contributed by atoms with Crippen molar-refractivity contribution in [1.29, 1.82) is 0 Å². The molecule has 1 aliphatic heterocycles. The topological polar surface area (TPSA) is 55.8 Å². The molecule has 2 amide bonds. The summed E-state index contributed by atoms with van der Waals surface area (Å²) in [6.45, 7) is 4.46. The number of imide groups is 1. The third-order valence-corrected chi connectivity index (χ3v) is 5.68. The van der Waals surface area contributed by atoms with Gasteiger partial charge in [-0.2, -0.15) is 0 Å². The Morgan fingerprint density at radius 2 is 1.80 bits per heavy atom. The molecule has 1 fully saturated rings.